The minimum atomic E-state index is 0.585. The molecule has 10 heteroatoms. The van der Waals surface area contributed by atoms with Gasteiger partial charge in [0.25, 0.3) is 0 Å². The molecule has 0 amide bonds. The van der Waals surface area contributed by atoms with Gasteiger partial charge >= 0.3 is 0 Å². The second kappa shape index (κ2) is 26.5. The summed E-state index contributed by atoms with van der Waals surface area (Å²) in [5.41, 5.74) is 24.1. The lowest BCUT2D eigenvalue weighted by Crippen LogP contribution is -2.01. The van der Waals surface area contributed by atoms with Crippen LogP contribution < -0.4 is 0 Å². The number of thiophene rings is 1. The van der Waals surface area contributed by atoms with E-state index >= 15 is 0 Å². The first-order valence-corrected chi connectivity index (χ1v) is 38.5. The van der Waals surface area contributed by atoms with Gasteiger partial charge in [-0.2, -0.15) is 0 Å². The third-order valence-corrected chi connectivity index (χ3v) is 23.0. The fourth-order valence-corrected chi connectivity index (χ4v) is 17.9. The van der Waals surface area contributed by atoms with E-state index in [1.807, 2.05) is 84.1 Å². The van der Waals surface area contributed by atoms with Crippen molar-refractivity contribution in [1.82, 2.24) is 43.6 Å². The molecular formula is C102H63N9S. The molecule has 0 spiro atoms. The molecule has 0 saturated carbocycles. The zero-order chi connectivity index (χ0) is 73.7. The lowest BCUT2D eigenvalue weighted by molar-refractivity contribution is 1.08. The summed E-state index contributed by atoms with van der Waals surface area (Å²) in [6.45, 7) is 0. The Morgan fingerprint density at radius 1 is 0.170 bits per heavy atom. The number of fused-ring (bicyclic) bond motifs is 12. The zero-order valence-corrected chi connectivity index (χ0v) is 61.1. The maximum absolute atomic E-state index is 5.46. The van der Waals surface area contributed by atoms with Crippen molar-refractivity contribution in [3.8, 4) is 130 Å². The number of nitrogens with zero attached hydrogens (tertiary/aromatic N) is 9. The summed E-state index contributed by atoms with van der Waals surface area (Å²) < 4.78 is 9.48. The molecule has 112 heavy (non-hydrogen) atoms. The lowest BCUT2D eigenvalue weighted by atomic mass is 9.95. The molecule has 0 fully saturated rings. The van der Waals surface area contributed by atoms with Crippen molar-refractivity contribution in [2.24, 2.45) is 0 Å². The van der Waals surface area contributed by atoms with Crippen LogP contribution in [0.3, 0.4) is 0 Å². The number of benzene rings is 16. The lowest BCUT2D eigenvalue weighted by Gasteiger charge is -2.14. The Bertz CT molecular complexity index is 7330. The predicted molar refractivity (Wildman–Crippen MR) is 463 cm³/mol. The van der Waals surface area contributed by atoms with Crippen LogP contribution in [0.1, 0.15) is 0 Å². The smallest absolute Gasteiger partial charge is 0.164 e. The summed E-state index contributed by atoms with van der Waals surface area (Å²) in [5.74, 6) is 3.62. The Balaban J connectivity index is 0.737. The predicted octanol–water partition coefficient (Wildman–Crippen LogP) is 26.4. The molecule has 0 saturated heterocycles. The molecule has 22 rings (SSSR count). The van der Waals surface area contributed by atoms with Gasteiger partial charge < -0.3 is 13.7 Å². The van der Waals surface area contributed by atoms with Crippen LogP contribution in [-0.2, 0) is 0 Å². The SMILES string of the molecule is c1ccc(-c2ccc(-n3c4ccccc4c4c(-c5nc(-c6ccccc6)nc(-c6ccccc6)n5)cc(-c5ccc6c(c5)c5cc(-c7ccc8c(c7)sc7cc(-c9ccc%10c(c9)c9ccccc9n%10-c9ccccc9)cc(-c9nc(-c%10ccccc%10)nc(-c%10ccccc%10)n9)c78)ccc5n6-c5ccccc5)cc43)cc2)cc1. The fourth-order valence-electron chi connectivity index (χ4n) is 16.7. The molecular weight excluding hydrogens is 1380 g/mol. The first-order valence-electron chi connectivity index (χ1n) is 37.7. The van der Waals surface area contributed by atoms with Gasteiger partial charge in [0.15, 0.2) is 34.9 Å². The zero-order valence-electron chi connectivity index (χ0n) is 60.3. The van der Waals surface area contributed by atoms with Gasteiger partial charge in [0.05, 0.1) is 33.1 Å². The molecule has 22 aromatic rings. The Kier molecular flexibility index (Phi) is 15.2. The molecule has 16 aromatic carbocycles. The van der Waals surface area contributed by atoms with Gasteiger partial charge in [-0.15, -0.1) is 11.3 Å². The summed E-state index contributed by atoms with van der Waals surface area (Å²) in [5, 5.41) is 9.01. The minimum Gasteiger partial charge on any atom is -0.309 e. The standard InChI is InChI=1S/C102H63N9S/c1-8-26-64(27-9-1)65-44-50-78(51-45-65)111-88-43-25-23-41-80(88)95-85(101-105-97(66-28-10-2-11-29-66)103-98(106-101)67-30-12-3-13-31-67)59-74(61-92(95)111)71-48-55-91-84(58-71)83-56-70(47-53-90(83)110(91)77-38-20-7-21-39-77)73-46-52-81-93(62-73)112-94-63-75(72-49-54-89-82(57-72)79-40-22-24-42-87(79)109(89)76-36-18-6-19-37-76)60-86(96(81)94)102-107-99(68-32-14-4-15-33-68)104-100(108-102)69-34-16-5-17-35-69/h1-63H. The molecule has 0 atom stereocenters. The van der Waals surface area contributed by atoms with Gasteiger partial charge in [-0.05, 0) is 160 Å². The van der Waals surface area contributed by atoms with Crippen LogP contribution in [0.15, 0.2) is 382 Å². The van der Waals surface area contributed by atoms with Crippen LogP contribution in [0.25, 0.3) is 215 Å². The maximum atomic E-state index is 5.46. The summed E-state index contributed by atoms with van der Waals surface area (Å²) in [6, 6.07) is 137. The van der Waals surface area contributed by atoms with E-state index in [2.05, 4.69) is 323 Å². The highest BCUT2D eigenvalue weighted by molar-refractivity contribution is 7.26. The molecule has 0 aliphatic carbocycles. The van der Waals surface area contributed by atoms with E-state index in [9.17, 15) is 0 Å². The van der Waals surface area contributed by atoms with Crippen molar-refractivity contribution in [3.63, 3.8) is 0 Å². The van der Waals surface area contributed by atoms with E-state index in [-0.39, 0.29) is 0 Å². The second-order valence-electron chi connectivity index (χ2n) is 28.5. The number of rotatable bonds is 13. The van der Waals surface area contributed by atoms with Crippen LogP contribution in [0, 0.1) is 0 Å². The van der Waals surface area contributed by atoms with Crippen molar-refractivity contribution in [1.29, 1.82) is 0 Å². The first kappa shape index (κ1) is 64.3. The molecule has 0 unspecified atom stereocenters. The molecule has 522 valence electrons. The molecule has 0 aliphatic heterocycles. The highest BCUT2D eigenvalue weighted by Gasteiger charge is 2.26. The number of para-hydroxylation sites is 4. The monoisotopic (exact) mass is 1450 g/mol. The van der Waals surface area contributed by atoms with Crippen molar-refractivity contribution < 1.29 is 0 Å². The average molecular weight is 1450 g/mol. The second-order valence-corrected chi connectivity index (χ2v) is 29.6. The van der Waals surface area contributed by atoms with Crippen molar-refractivity contribution in [3.05, 3.63) is 382 Å². The van der Waals surface area contributed by atoms with Crippen molar-refractivity contribution in [2.45, 2.75) is 0 Å². The summed E-state index contributed by atoms with van der Waals surface area (Å²) in [6.07, 6.45) is 0. The van der Waals surface area contributed by atoms with Crippen molar-refractivity contribution in [2.75, 3.05) is 0 Å². The van der Waals surface area contributed by atoms with Crippen LogP contribution in [0.2, 0.25) is 0 Å². The number of hydrogen-bond donors (Lipinski definition) is 0. The van der Waals surface area contributed by atoms with Crippen LogP contribution in [-0.4, -0.2) is 43.6 Å². The van der Waals surface area contributed by atoms with E-state index in [0.29, 0.717) is 34.9 Å². The molecule has 0 aliphatic rings. The van der Waals surface area contributed by atoms with Gasteiger partial charge in [0.2, 0.25) is 0 Å². The highest BCUT2D eigenvalue weighted by Crippen LogP contribution is 2.48. The summed E-state index contributed by atoms with van der Waals surface area (Å²) in [4.78, 5) is 32.1. The topological polar surface area (TPSA) is 92.1 Å². The first-order chi connectivity index (χ1) is 55.5. The average Bonchev–Trinajstić information content (AvgIpc) is 1.58. The van der Waals surface area contributed by atoms with E-state index in [0.717, 1.165) is 164 Å². The van der Waals surface area contributed by atoms with Gasteiger partial charge in [-0.1, -0.05) is 267 Å². The van der Waals surface area contributed by atoms with Crippen molar-refractivity contribution >= 4 is 96.9 Å². The molecule has 0 bridgehead atoms. The molecule has 6 heterocycles. The van der Waals surface area contributed by atoms with Crippen LogP contribution in [0.5, 0.6) is 0 Å². The maximum Gasteiger partial charge on any atom is 0.164 e. The Morgan fingerprint density at radius 2 is 0.482 bits per heavy atom. The van der Waals surface area contributed by atoms with Gasteiger partial charge in [0.1, 0.15) is 0 Å². The molecule has 0 N–H and O–H groups in total. The Hall–Kier alpha value is -14.8. The highest BCUT2D eigenvalue weighted by atomic mass is 32.1. The molecule has 9 nitrogen and oxygen atoms in total. The van der Waals surface area contributed by atoms with Gasteiger partial charge in [-0.25, -0.2) is 29.9 Å². The number of aromatic nitrogens is 9. The third kappa shape index (κ3) is 11.0. The van der Waals surface area contributed by atoms with Crippen LogP contribution in [0.4, 0.5) is 0 Å². The molecule has 6 aromatic heterocycles. The van der Waals surface area contributed by atoms with E-state index in [4.69, 9.17) is 29.9 Å². The Morgan fingerprint density at radius 3 is 0.964 bits per heavy atom. The minimum absolute atomic E-state index is 0.585. The van der Waals surface area contributed by atoms with Gasteiger partial charge in [-0.3, -0.25) is 0 Å². The normalized spacial score (nSPS) is 11.8. The van der Waals surface area contributed by atoms with Crippen LogP contribution >= 0.6 is 11.3 Å². The molecule has 0 radical (unpaired) electrons. The largest absolute Gasteiger partial charge is 0.309 e. The van der Waals surface area contributed by atoms with Gasteiger partial charge in [0, 0.05) is 103 Å². The quantitative estimate of drug-likeness (QED) is 0.114. The van der Waals surface area contributed by atoms with E-state index in [1.165, 1.54) is 16.3 Å². The fraction of sp³-hybridized carbons (Fsp3) is 0. The van der Waals surface area contributed by atoms with E-state index < -0.39 is 0 Å². The van der Waals surface area contributed by atoms with E-state index in [1.54, 1.807) is 0 Å². The number of hydrogen-bond acceptors (Lipinski definition) is 7. The summed E-state index contributed by atoms with van der Waals surface area (Å²) >= 11 is 1.81. The third-order valence-electron chi connectivity index (χ3n) is 21.9. The summed E-state index contributed by atoms with van der Waals surface area (Å²) in [7, 11) is 0. The Labute approximate surface area is 648 Å².